The third kappa shape index (κ3) is 5.96. The number of imidazole rings is 1. The number of nitrogens with one attached hydrogen (secondary N) is 2. The number of pyridine rings is 2. The van der Waals surface area contributed by atoms with E-state index < -0.39 is 0 Å². The highest BCUT2D eigenvalue weighted by Crippen LogP contribution is 2.33. The van der Waals surface area contributed by atoms with Gasteiger partial charge >= 0.3 is 0 Å². The molecular formula is C31H19Cl4N7O. The normalized spacial score (nSPS) is 11.0. The third-order valence-electron chi connectivity index (χ3n) is 6.58. The number of anilines is 1. The maximum Gasteiger partial charge on any atom is 0.182 e. The minimum Gasteiger partial charge on any atom is -0.364 e. The number of aromatic amines is 1. The standard InChI is InChI=1S/C21H14Cl2N6.C10H5Cl2NO/c22-15-6-2-1-5-14(15)17-13(8-12-4-3-7-16(23)18(12)29-17)9-24-20-19-21(26-10-25-19)28-11-27-20;11-8-3-1-2-6-4-7(5-14)10(12)13-9(6)8/h1-8,10-11H,9H2,(H2,24,25,26,27,28);1-5H. The molecule has 0 saturated carbocycles. The van der Waals surface area contributed by atoms with Gasteiger partial charge in [0.15, 0.2) is 17.8 Å². The number of carbonyl (C=O) groups excluding carboxylic acids is 1. The molecule has 43 heavy (non-hydrogen) atoms. The monoisotopic (exact) mass is 645 g/mol. The minimum absolute atomic E-state index is 0.181. The molecule has 0 aliphatic rings. The second-order valence-electron chi connectivity index (χ2n) is 9.26. The van der Waals surface area contributed by atoms with Crippen LogP contribution in [0.2, 0.25) is 20.2 Å². The van der Waals surface area contributed by atoms with Crippen LogP contribution in [-0.4, -0.2) is 36.2 Å². The molecule has 0 aliphatic carbocycles. The van der Waals surface area contributed by atoms with Crippen LogP contribution in [0.15, 0.2) is 85.5 Å². The molecule has 7 aromatic rings. The van der Waals surface area contributed by atoms with Gasteiger partial charge in [0.2, 0.25) is 0 Å². The maximum atomic E-state index is 10.6. The molecule has 0 unspecified atom stereocenters. The molecule has 0 bridgehead atoms. The number of rotatable bonds is 5. The lowest BCUT2D eigenvalue weighted by Gasteiger charge is -2.14. The molecule has 4 heterocycles. The van der Waals surface area contributed by atoms with Crippen LogP contribution in [0.25, 0.3) is 44.2 Å². The molecule has 0 spiro atoms. The minimum atomic E-state index is 0.181. The van der Waals surface area contributed by atoms with E-state index in [-0.39, 0.29) is 5.15 Å². The lowest BCUT2D eigenvalue weighted by atomic mass is 10.0. The average molecular weight is 647 g/mol. The van der Waals surface area contributed by atoms with Crippen LogP contribution in [-0.2, 0) is 6.54 Å². The topological polar surface area (TPSA) is 109 Å². The van der Waals surface area contributed by atoms with E-state index in [9.17, 15) is 4.79 Å². The molecule has 7 rings (SSSR count). The van der Waals surface area contributed by atoms with E-state index in [0.717, 1.165) is 38.6 Å². The first-order valence-electron chi connectivity index (χ1n) is 12.8. The first-order chi connectivity index (χ1) is 20.9. The van der Waals surface area contributed by atoms with Gasteiger partial charge < -0.3 is 10.3 Å². The van der Waals surface area contributed by atoms with Crippen LogP contribution >= 0.6 is 46.4 Å². The van der Waals surface area contributed by atoms with Gasteiger partial charge in [0.1, 0.15) is 17.0 Å². The number of H-pyrrole nitrogens is 1. The zero-order valence-electron chi connectivity index (χ0n) is 22.0. The highest BCUT2D eigenvalue weighted by atomic mass is 35.5. The van der Waals surface area contributed by atoms with Crippen molar-refractivity contribution in [1.29, 1.82) is 0 Å². The molecule has 0 aliphatic heterocycles. The quantitative estimate of drug-likeness (QED) is 0.142. The van der Waals surface area contributed by atoms with Crippen molar-refractivity contribution >= 4 is 91.5 Å². The fourth-order valence-corrected chi connectivity index (χ4v) is 5.40. The summed E-state index contributed by atoms with van der Waals surface area (Å²) >= 11 is 24.6. The lowest BCUT2D eigenvalue weighted by molar-refractivity contribution is 0.112. The molecule has 2 N–H and O–H groups in total. The van der Waals surface area contributed by atoms with Crippen molar-refractivity contribution in [3.8, 4) is 11.3 Å². The van der Waals surface area contributed by atoms with E-state index >= 15 is 0 Å². The zero-order chi connectivity index (χ0) is 29.9. The number of hydrogen-bond donors (Lipinski definition) is 2. The van der Waals surface area contributed by atoms with Gasteiger partial charge in [-0.25, -0.2) is 24.9 Å². The lowest BCUT2D eigenvalue weighted by Crippen LogP contribution is -2.05. The van der Waals surface area contributed by atoms with Crippen molar-refractivity contribution in [2.75, 3.05) is 5.32 Å². The van der Waals surface area contributed by atoms with Gasteiger partial charge in [0.25, 0.3) is 0 Å². The summed E-state index contributed by atoms with van der Waals surface area (Å²) in [6.07, 6.45) is 3.76. The Bertz CT molecular complexity index is 2130. The Labute approximate surface area is 265 Å². The summed E-state index contributed by atoms with van der Waals surface area (Å²) < 4.78 is 0. The number of carbonyl (C=O) groups is 1. The van der Waals surface area contributed by atoms with Crippen molar-refractivity contribution < 1.29 is 4.79 Å². The van der Waals surface area contributed by atoms with Gasteiger partial charge in [-0.2, -0.15) is 0 Å². The molecule has 0 fully saturated rings. The highest BCUT2D eigenvalue weighted by molar-refractivity contribution is 6.36. The van der Waals surface area contributed by atoms with Crippen LogP contribution in [0.3, 0.4) is 0 Å². The summed E-state index contributed by atoms with van der Waals surface area (Å²) in [6, 6.07) is 22.5. The van der Waals surface area contributed by atoms with Gasteiger partial charge in [-0.15, -0.1) is 0 Å². The van der Waals surface area contributed by atoms with Crippen molar-refractivity contribution in [1.82, 2.24) is 29.9 Å². The van der Waals surface area contributed by atoms with Crippen LogP contribution < -0.4 is 5.32 Å². The van der Waals surface area contributed by atoms with Crippen molar-refractivity contribution in [3.05, 3.63) is 117 Å². The van der Waals surface area contributed by atoms with E-state index in [1.807, 2.05) is 48.5 Å². The van der Waals surface area contributed by atoms with Crippen molar-refractivity contribution in [3.63, 3.8) is 0 Å². The van der Waals surface area contributed by atoms with Gasteiger partial charge in [0.05, 0.1) is 38.7 Å². The van der Waals surface area contributed by atoms with E-state index in [1.54, 1.807) is 24.5 Å². The summed E-state index contributed by atoms with van der Waals surface area (Å²) in [6.45, 7) is 0.487. The van der Waals surface area contributed by atoms with Gasteiger partial charge in [0, 0.05) is 27.9 Å². The summed E-state index contributed by atoms with van der Waals surface area (Å²) in [5.41, 5.74) is 5.69. The molecule has 212 valence electrons. The molecule has 0 amide bonds. The van der Waals surface area contributed by atoms with E-state index in [2.05, 4.69) is 36.3 Å². The molecule has 4 aromatic heterocycles. The number of hydrogen-bond acceptors (Lipinski definition) is 7. The van der Waals surface area contributed by atoms with Crippen LogP contribution in [0.5, 0.6) is 0 Å². The predicted octanol–water partition coefficient (Wildman–Crippen LogP) is 8.84. The molecular weight excluding hydrogens is 628 g/mol. The SMILES string of the molecule is Clc1ccccc1-c1nc2c(Cl)cccc2cc1CNc1ncnc2nc[nH]c12.O=Cc1cc2cccc(Cl)c2nc1Cl. The van der Waals surface area contributed by atoms with Gasteiger partial charge in [-0.05, 0) is 35.9 Å². The Kier molecular flexibility index (Phi) is 8.35. The first kappa shape index (κ1) is 28.8. The molecule has 12 heteroatoms. The number of para-hydroxylation sites is 2. The molecule has 0 atom stereocenters. The van der Waals surface area contributed by atoms with Crippen LogP contribution in [0, 0.1) is 0 Å². The molecule has 3 aromatic carbocycles. The molecule has 0 saturated heterocycles. The number of halogens is 4. The Balaban J connectivity index is 0.000000197. The Hall–Kier alpha value is -4.34. The number of aldehydes is 1. The van der Waals surface area contributed by atoms with Crippen molar-refractivity contribution in [2.24, 2.45) is 0 Å². The molecule has 0 radical (unpaired) electrons. The Morgan fingerprint density at radius 2 is 1.47 bits per heavy atom. The second-order valence-corrected chi connectivity index (χ2v) is 10.8. The van der Waals surface area contributed by atoms with Crippen molar-refractivity contribution in [2.45, 2.75) is 6.54 Å². The smallest absolute Gasteiger partial charge is 0.182 e. The third-order valence-corrected chi connectivity index (χ3v) is 7.82. The van der Waals surface area contributed by atoms with E-state index in [0.29, 0.717) is 50.4 Å². The summed E-state index contributed by atoms with van der Waals surface area (Å²) in [7, 11) is 0. The van der Waals surface area contributed by atoms with Gasteiger partial charge in [-0.3, -0.25) is 4.79 Å². The van der Waals surface area contributed by atoms with Crippen LogP contribution in [0.4, 0.5) is 5.82 Å². The maximum absolute atomic E-state index is 10.6. The Morgan fingerprint density at radius 1 is 0.767 bits per heavy atom. The predicted molar refractivity (Wildman–Crippen MR) is 173 cm³/mol. The first-order valence-corrected chi connectivity index (χ1v) is 14.3. The number of benzene rings is 3. The fourth-order valence-electron chi connectivity index (χ4n) is 4.54. The average Bonchev–Trinajstić information content (AvgIpc) is 3.51. The molecule has 8 nitrogen and oxygen atoms in total. The summed E-state index contributed by atoms with van der Waals surface area (Å²) in [5, 5.41) is 7.07. The number of nitrogens with zero attached hydrogens (tertiary/aromatic N) is 5. The number of aromatic nitrogens is 6. The fraction of sp³-hybridized carbons (Fsp3) is 0.0323. The Morgan fingerprint density at radius 3 is 2.21 bits per heavy atom. The van der Waals surface area contributed by atoms with Crippen LogP contribution in [0.1, 0.15) is 15.9 Å². The number of fused-ring (bicyclic) bond motifs is 3. The largest absolute Gasteiger partial charge is 0.364 e. The zero-order valence-corrected chi connectivity index (χ0v) is 25.0. The highest BCUT2D eigenvalue weighted by Gasteiger charge is 2.15. The van der Waals surface area contributed by atoms with E-state index in [4.69, 9.17) is 51.4 Å². The van der Waals surface area contributed by atoms with E-state index in [1.165, 1.54) is 6.33 Å². The second kappa shape index (κ2) is 12.5. The summed E-state index contributed by atoms with van der Waals surface area (Å²) in [5.74, 6) is 0.670. The van der Waals surface area contributed by atoms with Gasteiger partial charge in [-0.1, -0.05) is 88.9 Å². The summed E-state index contributed by atoms with van der Waals surface area (Å²) in [4.78, 5) is 35.2.